The number of rotatable bonds is 1. The lowest BCUT2D eigenvalue weighted by molar-refractivity contribution is -0.527. The Bertz CT molecular complexity index is 399. The third kappa shape index (κ3) is 1.17. The number of imide groups is 1. The molecule has 1 saturated heterocycles. The van der Waals surface area contributed by atoms with Crippen LogP contribution >= 0.6 is 0 Å². The Morgan fingerprint density at radius 2 is 2.07 bits per heavy atom. The first-order valence-electron chi connectivity index (χ1n) is 4.80. The molecule has 0 N–H and O–H groups in total. The zero-order chi connectivity index (χ0) is 11.2. The number of hydrogen-bond donors (Lipinski definition) is 0. The molecule has 1 unspecified atom stereocenters. The monoisotopic (exact) mass is 209 g/mol. The molecule has 3 amide bonds. The lowest BCUT2D eigenvalue weighted by Crippen LogP contribution is -2.61. The number of amides is 3. The molecule has 2 heterocycles. The lowest BCUT2D eigenvalue weighted by atomic mass is 10.1. The molecule has 6 heteroatoms. The summed E-state index contributed by atoms with van der Waals surface area (Å²) in [6.07, 6.45) is 1.61. The predicted molar refractivity (Wildman–Crippen MR) is 54.0 cm³/mol. The van der Waals surface area contributed by atoms with Gasteiger partial charge in [-0.1, -0.05) is 0 Å². The Morgan fingerprint density at radius 3 is 2.67 bits per heavy atom. The number of likely N-dealkylation sites (N-methyl/N-ethyl adjacent to an activating group) is 3. The molecule has 0 bridgehead atoms. The average molecular weight is 209 g/mol. The van der Waals surface area contributed by atoms with Gasteiger partial charge in [0.05, 0.1) is 6.54 Å². The van der Waals surface area contributed by atoms with E-state index in [1.165, 1.54) is 11.9 Å². The third-order valence-corrected chi connectivity index (χ3v) is 2.76. The van der Waals surface area contributed by atoms with Crippen molar-refractivity contribution in [3.8, 4) is 0 Å². The molecule has 0 spiro atoms. The molecule has 0 aromatic rings. The van der Waals surface area contributed by atoms with E-state index in [4.69, 9.17) is 0 Å². The number of nitrogens with zero attached hydrogens (tertiary/aromatic N) is 4. The van der Waals surface area contributed by atoms with Gasteiger partial charge >= 0.3 is 6.03 Å². The van der Waals surface area contributed by atoms with Gasteiger partial charge < -0.3 is 0 Å². The van der Waals surface area contributed by atoms with E-state index in [1.807, 2.05) is 11.5 Å². The van der Waals surface area contributed by atoms with E-state index >= 15 is 0 Å². The van der Waals surface area contributed by atoms with E-state index in [1.54, 1.807) is 13.4 Å². The minimum absolute atomic E-state index is 0.215. The summed E-state index contributed by atoms with van der Waals surface area (Å²) >= 11 is 0. The fraction of sp³-hybridized carbons (Fsp3) is 0.556. The highest BCUT2D eigenvalue weighted by atomic mass is 16.2. The fourth-order valence-electron chi connectivity index (χ4n) is 1.81. The van der Waals surface area contributed by atoms with Crippen LogP contribution < -0.4 is 0 Å². The van der Waals surface area contributed by atoms with Gasteiger partial charge in [-0.25, -0.2) is 9.37 Å². The van der Waals surface area contributed by atoms with Crippen LogP contribution in [0.5, 0.6) is 0 Å². The number of amidine groups is 1. The van der Waals surface area contributed by atoms with Crippen LogP contribution in [-0.2, 0) is 4.79 Å². The number of carbonyl (C=O) groups is 2. The number of urea groups is 1. The van der Waals surface area contributed by atoms with E-state index < -0.39 is 6.04 Å². The van der Waals surface area contributed by atoms with Gasteiger partial charge in [0.25, 0.3) is 24.1 Å². The van der Waals surface area contributed by atoms with Gasteiger partial charge in [-0.05, 0) is 11.9 Å². The van der Waals surface area contributed by atoms with Crippen LogP contribution in [-0.4, -0.2) is 65.2 Å². The molecule has 0 aromatic carbocycles. The Labute approximate surface area is 87.5 Å². The summed E-state index contributed by atoms with van der Waals surface area (Å²) in [5.41, 5.74) is 0. The van der Waals surface area contributed by atoms with Crippen molar-refractivity contribution in [2.45, 2.75) is 13.0 Å². The largest absolute Gasteiger partial charge is 0.333 e. The highest BCUT2D eigenvalue weighted by Gasteiger charge is 2.49. The minimum atomic E-state index is -0.428. The molecule has 6 nitrogen and oxygen atoms in total. The van der Waals surface area contributed by atoms with Gasteiger partial charge in [-0.15, -0.1) is 0 Å². The molecule has 1 atom stereocenters. The SMILES string of the molecule is CC[N+]1=CN=C2C1C(=O)N(C)C(=O)N2C. The molecular formula is C9H13N4O2+. The van der Waals surface area contributed by atoms with Crippen molar-refractivity contribution in [3.63, 3.8) is 0 Å². The van der Waals surface area contributed by atoms with Crippen LogP contribution in [0.25, 0.3) is 0 Å². The van der Waals surface area contributed by atoms with Gasteiger partial charge in [-0.3, -0.25) is 14.6 Å². The van der Waals surface area contributed by atoms with E-state index in [9.17, 15) is 9.59 Å². The summed E-state index contributed by atoms with van der Waals surface area (Å²) in [4.78, 5) is 30.1. The Kier molecular flexibility index (Phi) is 2.06. The van der Waals surface area contributed by atoms with Crippen molar-refractivity contribution in [1.29, 1.82) is 0 Å². The first-order chi connectivity index (χ1) is 7.07. The molecule has 2 rings (SSSR count). The van der Waals surface area contributed by atoms with Crippen molar-refractivity contribution in [2.24, 2.45) is 4.99 Å². The Balaban J connectivity index is 2.40. The molecular weight excluding hydrogens is 196 g/mol. The van der Waals surface area contributed by atoms with E-state index in [2.05, 4.69) is 4.99 Å². The topological polar surface area (TPSA) is 56.0 Å². The maximum atomic E-state index is 11.9. The van der Waals surface area contributed by atoms with Gasteiger partial charge in [0.15, 0.2) is 0 Å². The maximum absolute atomic E-state index is 11.9. The number of hydrogen-bond acceptors (Lipinski definition) is 3. The van der Waals surface area contributed by atoms with Crippen molar-refractivity contribution in [2.75, 3.05) is 20.6 Å². The zero-order valence-corrected chi connectivity index (χ0v) is 8.97. The molecule has 0 aliphatic carbocycles. The lowest BCUT2D eigenvalue weighted by Gasteiger charge is -2.30. The summed E-state index contributed by atoms with van der Waals surface area (Å²) in [7, 11) is 3.12. The molecule has 2 aliphatic heterocycles. The fourth-order valence-corrected chi connectivity index (χ4v) is 1.81. The van der Waals surface area contributed by atoms with Crippen LogP contribution in [0, 0.1) is 0 Å². The standard InChI is InChI=1S/C9H13N4O2/c1-4-13-5-10-7-6(13)8(14)12(3)9(15)11(7)2/h5-6H,4H2,1-3H3/q+1. The average Bonchev–Trinajstić information content (AvgIpc) is 2.67. The number of carbonyl (C=O) groups excluding carboxylic acids is 2. The smallest absolute Gasteiger partial charge is 0.269 e. The second-order valence-corrected chi connectivity index (χ2v) is 3.57. The molecule has 2 aliphatic rings. The van der Waals surface area contributed by atoms with Crippen LogP contribution in [0.4, 0.5) is 4.79 Å². The molecule has 0 radical (unpaired) electrons. The van der Waals surface area contributed by atoms with Crippen LogP contribution in [0.15, 0.2) is 4.99 Å². The Hall–Kier alpha value is -1.72. The van der Waals surface area contributed by atoms with Crippen molar-refractivity contribution in [3.05, 3.63) is 0 Å². The van der Waals surface area contributed by atoms with E-state index in [-0.39, 0.29) is 11.9 Å². The van der Waals surface area contributed by atoms with Crippen LogP contribution in [0.1, 0.15) is 6.92 Å². The summed E-state index contributed by atoms with van der Waals surface area (Å²) in [6, 6.07) is -0.760. The first kappa shape index (κ1) is 9.82. The predicted octanol–water partition coefficient (Wildman–Crippen LogP) is -0.648. The minimum Gasteiger partial charge on any atom is -0.269 e. The highest BCUT2D eigenvalue weighted by Crippen LogP contribution is 2.15. The summed E-state index contributed by atoms with van der Waals surface area (Å²) in [6.45, 7) is 2.64. The van der Waals surface area contributed by atoms with Gasteiger partial charge in [0.1, 0.15) is 0 Å². The molecule has 0 saturated carbocycles. The van der Waals surface area contributed by atoms with Crippen LogP contribution in [0.3, 0.4) is 0 Å². The molecule has 0 aromatic heterocycles. The summed E-state index contributed by atoms with van der Waals surface area (Å²) in [5.74, 6) is 0.303. The first-order valence-corrected chi connectivity index (χ1v) is 4.80. The summed E-state index contributed by atoms with van der Waals surface area (Å²) < 4.78 is 1.82. The molecule has 80 valence electrons. The van der Waals surface area contributed by atoms with Gasteiger partial charge in [-0.2, -0.15) is 0 Å². The van der Waals surface area contributed by atoms with Gasteiger partial charge in [0.2, 0.25) is 0 Å². The van der Waals surface area contributed by atoms with Crippen molar-refractivity contribution >= 4 is 24.1 Å². The van der Waals surface area contributed by atoms with Crippen LogP contribution in [0.2, 0.25) is 0 Å². The molecule has 1 fully saturated rings. The van der Waals surface area contributed by atoms with Crippen molar-refractivity contribution < 1.29 is 14.2 Å². The normalized spacial score (nSPS) is 25.4. The zero-order valence-electron chi connectivity index (χ0n) is 8.97. The third-order valence-electron chi connectivity index (χ3n) is 2.76. The van der Waals surface area contributed by atoms with E-state index in [0.717, 1.165) is 4.90 Å². The maximum Gasteiger partial charge on any atom is 0.333 e. The number of aliphatic imine (C=N–C) groups is 1. The van der Waals surface area contributed by atoms with E-state index in [0.29, 0.717) is 12.4 Å². The summed E-state index contributed by atoms with van der Waals surface area (Å²) in [5, 5.41) is 0. The Morgan fingerprint density at radius 1 is 1.40 bits per heavy atom. The van der Waals surface area contributed by atoms with Crippen molar-refractivity contribution in [1.82, 2.24) is 9.80 Å². The van der Waals surface area contributed by atoms with Gasteiger partial charge in [0, 0.05) is 14.1 Å². The highest BCUT2D eigenvalue weighted by molar-refractivity contribution is 6.21. The quantitative estimate of drug-likeness (QED) is 0.539. The number of fused-ring (bicyclic) bond motifs is 1. The molecule has 15 heavy (non-hydrogen) atoms. The second-order valence-electron chi connectivity index (χ2n) is 3.57. The second kappa shape index (κ2) is 3.15.